The molecule has 0 unspecified atom stereocenters. The molecule has 0 atom stereocenters. The van der Waals surface area contributed by atoms with Gasteiger partial charge in [-0.05, 0) is 66.8 Å². The van der Waals surface area contributed by atoms with Crippen molar-refractivity contribution in [2.75, 3.05) is 0 Å². The average Bonchev–Trinajstić information content (AvgIpc) is 3.15. The molecule has 3 rings (SSSR count). The maximum absolute atomic E-state index is 12.4. The smallest absolute Gasteiger partial charge is 0.481 e. The number of aryl methyl sites for hydroxylation is 2. The second-order valence-corrected chi connectivity index (χ2v) is 9.00. The zero-order valence-electron chi connectivity index (χ0n) is 18.5. The molecule has 0 aliphatic carbocycles. The molecule has 33 heavy (non-hydrogen) atoms. The van der Waals surface area contributed by atoms with E-state index < -0.39 is 12.3 Å². The lowest BCUT2D eigenvalue weighted by Crippen LogP contribution is -2.17. The van der Waals surface area contributed by atoms with Crippen LogP contribution in [-0.4, -0.2) is 27.2 Å². The minimum Gasteiger partial charge on any atom is -0.481 e. The minimum atomic E-state index is -4.73. The molecule has 2 aromatic carbocycles. The maximum atomic E-state index is 12.4. The predicted octanol–water partition coefficient (Wildman–Crippen LogP) is 6.51. The van der Waals surface area contributed by atoms with Crippen LogP contribution < -0.4 is 4.74 Å². The quantitative estimate of drug-likeness (QED) is 0.355. The van der Waals surface area contributed by atoms with Crippen molar-refractivity contribution in [1.29, 1.82) is 0 Å². The summed E-state index contributed by atoms with van der Waals surface area (Å²) in [6, 6.07) is 11.6. The second-order valence-electron chi connectivity index (χ2n) is 7.95. The van der Waals surface area contributed by atoms with Gasteiger partial charge in [0, 0.05) is 28.8 Å². The van der Waals surface area contributed by atoms with Crippen LogP contribution in [0.4, 0.5) is 13.2 Å². The summed E-state index contributed by atoms with van der Waals surface area (Å²) in [6.07, 6.45) is -2.22. The number of hydrogen-bond donors (Lipinski definition) is 1. The van der Waals surface area contributed by atoms with Gasteiger partial charge in [0.2, 0.25) is 0 Å². The van der Waals surface area contributed by atoms with E-state index in [1.807, 2.05) is 39.1 Å². The van der Waals surface area contributed by atoms with Crippen molar-refractivity contribution < 1.29 is 27.8 Å². The summed E-state index contributed by atoms with van der Waals surface area (Å²) in [6.45, 7) is 6.07. The highest BCUT2D eigenvalue weighted by Gasteiger charge is 2.31. The lowest BCUT2D eigenvalue weighted by molar-refractivity contribution is -0.274. The monoisotopic (exact) mass is 478 g/mol. The van der Waals surface area contributed by atoms with Crippen molar-refractivity contribution in [1.82, 2.24) is 9.78 Å². The average molecular weight is 479 g/mol. The fraction of sp³-hybridized carbons (Fsp3) is 0.333. The van der Waals surface area contributed by atoms with Crippen molar-refractivity contribution in [3.05, 3.63) is 71.0 Å². The first kappa shape index (κ1) is 24.7. The molecule has 1 N–H and O–H groups in total. The molecule has 0 aliphatic heterocycles. The summed E-state index contributed by atoms with van der Waals surface area (Å²) < 4.78 is 42.8. The SMILES string of the molecule is Cc1cc(SCc2cn(-c3ccc(OC(F)(F)F)cc3)nc2C(C)C)ccc1CCC(=O)O. The standard InChI is InChI=1S/C24H25F3N2O3S/c1-15(2)23-18(14-33-21-10-4-17(16(3)12-21)5-11-22(30)31)13-29(28-23)19-6-8-20(9-7-19)32-24(25,26)27/h4,6-10,12-13,15H,5,11,14H2,1-3H3,(H,30,31). The van der Waals surface area contributed by atoms with Crippen molar-refractivity contribution in [2.24, 2.45) is 0 Å². The lowest BCUT2D eigenvalue weighted by atomic mass is 10.0. The summed E-state index contributed by atoms with van der Waals surface area (Å²) in [7, 11) is 0. The number of benzene rings is 2. The number of carboxylic acids is 1. The molecular weight excluding hydrogens is 453 g/mol. The molecule has 0 spiro atoms. The fourth-order valence-electron chi connectivity index (χ4n) is 3.39. The first-order valence-electron chi connectivity index (χ1n) is 10.4. The van der Waals surface area contributed by atoms with E-state index in [2.05, 4.69) is 15.9 Å². The lowest BCUT2D eigenvalue weighted by Gasteiger charge is -2.09. The van der Waals surface area contributed by atoms with Gasteiger partial charge in [0.15, 0.2) is 0 Å². The Bertz CT molecular complexity index is 1110. The topological polar surface area (TPSA) is 64.4 Å². The number of ether oxygens (including phenoxy) is 1. The van der Waals surface area contributed by atoms with Gasteiger partial charge in [-0.1, -0.05) is 19.9 Å². The van der Waals surface area contributed by atoms with Gasteiger partial charge in [-0.25, -0.2) is 4.68 Å². The Morgan fingerprint density at radius 1 is 1.15 bits per heavy atom. The third kappa shape index (κ3) is 7.02. The van der Waals surface area contributed by atoms with Gasteiger partial charge < -0.3 is 9.84 Å². The highest BCUT2D eigenvalue weighted by atomic mass is 32.2. The number of halogens is 3. The fourth-order valence-corrected chi connectivity index (χ4v) is 4.36. The van der Waals surface area contributed by atoms with Crippen molar-refractivity contribution >= 4 is 17.7 Å². The van der Waals surface area contributed by atoms with Crippen molar-refractivity contribution in [3.8, 4) is 11.4 Å². The van der Waals surface area contributed by atoms with E-state index in [1.165, 1.54) is 24.3 Å². The largest absolute Gasteiger partial charge is 0.573 e. The molecule has 1 heterocycles. The number of aliphatic carboxylic acids is 1. The normalized spacial score (nSPS) is 11.7. The zero-order valence-corrected chi connectivity index (χ0v) is 19.3. The van der Waals surface area contributed by atoms with E-state index in [0.29, 0.717) is 17.9 Å². The van der Waals surface area contributed by atoms with Crippen LogP contribution in [0.2, 0.25) is 0 Å². The Morgan fingerprint density at radius 2 is 1.85 bits per heavy atom. The third-order valence-corrected chi connectivity index (χ3v) is 6.06. The summed E-state index contributed by atoms with van der Waals surface area (Å²) in [5.74, 6) is -0.236. The molecule has 5 nitrogen and oxygen atoms in total. The number of carbonyl (C=O) groups is 1. The first-order valence-corrected chi connectivity index (χ1v) is 11.4. The molecule has 0 radical (unpaired) electrons. The molecule has 3 aromatic rings. The minimum absolute atomic E-state index is 0.105. The molecule has 0 aliphatic rings. The van der Waals surface area contributed by atoms with E-state index in [-0.39, 0.29) is 18.1 Å². The molecule has 1 aromatic heterocycles. The Balaban J connectivity index is 1.74. The van der Waals surface area contributed by atoms with E-state index in [0.717, 1.165) is 27.3 Å². The summed E-state index contributed by atoms with van der Waals surface area (Å²) >= 11 is 1.66. The first-order chi connectivity index (χ1) is 15.5. The van der Waals surface area contributed by atoms with Gasteiger partial charge in [-0.15, -0.1) is 24.9 Å². The van der Waals surface area contributed by atoms with Gasteiger partial charge in [0.25, 0.3) is 0 Å². The van der Waals surface area contributed by atoms with Gasteiger partial charge in [-0.2, -0.15) is 5.10 Å². The molecule has 0 saturated carbocycles. The Hall–Kier alpha value is -2.94. The van der Waals surface area contributed by atoms with Gasteiger partial charge in [0.05, 0.1) is 11.4 Å². The van der Waals surface area contributed by atoms with Gasteiger partial charge in [-0.3, -0.25) is 4.79 Å². The number of rotatable bonds is 9. The summed E-state index contributed by atoms with van der Waals surface area (Å²) in [5, 5.41) is 13.5. The second kappa shape index (κ2) is 10.3. The maximum Gasteiger partial charge on any atom is 0.573 e. The zero-order chi connectivity index (χ0) is 24.2. The molecule has 176 valence electrons. The van der Waals surface area contributed by atoms with Crippen LogP contribution in [0.5, 0.6) is 5.75 Å². The highest BCUT2D eigenvalue weighted by molar-refractivity contribution is 7.98. The van der Waals surface area contributed by atoms with E-state index in [9.17, 15) is 18.0 Å². The Kier molecular flexibility index (Phi) is 7.73. The number of alkyl halides is 3. The molecule has 0 amide bonds. The van der Waals surface area contributed by atoms with Crippen LogP contribution in [0.3, 0.4) is 0 Å². The van der Waals surface area contributed by atoms with Gasteiger partial charge >= 0.3 is 12.3 Å². The number of carboxylic acid groups (broad SMARTS) is 1. The summed E-state index contributed by atoms with van der Waals surface area (Å²) in [4.78, 5) is 11.9. The molecule has 0 fully saturated rings. The van der Waals surface area contributed by atoms with E-state index >= 15 is 0 Å². The van der Waals surface area contributed by atoms with Crippen LogP contribution in [0, 0.1) is 6.92 Å². The van der Waals surface area contributed by atoms with Crippen molar-refractivity contribution in [3.63, 3.8) is 0 Å². The summed E-state index contributed by atoms with van der Waals surface area (Å²) in [5.41, 5.74) is 4.69. The third-order valence-electron chi connectivity index (χ3n) is 5.02. The van der Waals surface area contributed by atoms with E-state index in [1.54, 1.807) is 16.4 Å². The highest BCUT2D eigenvalue weighted by Crippen LogP contribution is 2.30. The van der Waals surface area contributed by atoms with E-state index in [4.69, 9.17) is 5.11 Å². The molecule has 0 saturated heterocycles. The van der Waals surface area contributed by atoms with Crippen LogP contribution >= 0.6 is 11.8 Å². The predicted molar refractivity (Wildman–Crippen MR) is 121 cm³/mol. The van der Waals surface area contributed by atoms with Crippen LogP contribution in [0.1, 0.15) is 48.6 Å². The molecular formula is C24H25F3N2O3S. The number of aromatic nitrogens is 2. The number of hydrogen-bond acceptors (Lipinski definition) is 4. The Labute approximate surface area is 194 Å². The molecule has 0 bridgehead atoms. The van der Waals surface area contributed by atoms with Crippen LogP contribution in [-0.2, 0) is 17.0 Å². The number of thioether (sulfide) groups is 1. The van der Waals surface area contributed by atoms with Crippen LogP contribution in [0.25, 0.3) is 5.69 Å². The Morgan fingerprint density at radius 3 is 2.42 bits per heavy atom. The van der Waals surface area contributed by atoms with Crippen LogP contribution in [0.15, 0.2) is 53.6 Å². The van der Waals surface area contributed by atoms with Gasteiger partial charge in [0.1, 0.15) is 5.75 Å². The van der Waals surface area contributed by atoms with Crippen molar-refractivity contribution in [2.45, 2.75) is 56.5 Å². The molecule has 9 heteroatoms. The number of nitrogens with zero attached hydrogens (tertiary/aromatic N) is 2.